The van der Waals surface area contributed by atoms with Gasteiger partial charge in [-0.25, -0.2) is 0 Å². The summed E-state index contributed by atoms with van der Waals surface area (Å²) in [7, 11) is 2.07. The standard InChI is InChI=1S/C24H33N5O3/c1-27-15-17-28(18-16-27)22(30)13-12-21-25-24(26-32-21)20-10-6-14-29(20)23(31)11-5-9-19-7-3-2-4-8-19/h2-4,7-8,20H,5-6,9-18H2,1H3. The highest BCUT2D eigenvalue weighted by Gasteiger charge is 2.33. The van der Waals surface area contributed by atoms with Gasteiger partial charge in [-0.1, -0.05) is 35.5 Å². The van der Waals surface area contributed by atoms with Crippen LogP contribution < -0.4 is 0 Å². The number of benzene rings is 1. The molecule has 2 aromatic rings. The summed E-state index contributed by atoms with van der Waals surface area (Å²) in [6.45, 7) is 4.10. The Hall–Kier alpha value is -2.74. The molecule has 32 heavy (non-hydrogen) atoms. The maximum Gasteiger partial charge on any atom is 0.227 e. The first kappa shape index (κ1) is 22.5. The van der Waals surface area contributed by atoms with Crippen LogP contribution >= 0.6 is 0 Å². The smallest absolute Gasteiger partial charge is 0.227 e. The van der Waals surface area contributed by atoms with Gasteiger partial charge in [0.1, 0.15) is 0 Å². The summed E-state index contributed by atoms with van der Waals surface area (Å²) < 4.78 is 5.42. The molecule has 1 aromatic carbocycles. The Labute approximate surface area is 189 Å². The summed E-state index contributed by atoms with van der Waals surface area (Å²) in [4.78, 5) is 35.8. The van der Waals surface area contributed by atoms with Gasteiger partial charge < -0.3 is 19.2 Å². The number of carbonyl (C=O) groups is 2. The first-order valence-electron chi connectivity index (χ1n) is 11.7. The summed E-state index contributed by atoms with van der Waals surface area (Å²) in [5, 5.41) is 4.15. The number of aromatic nitrogens is 2. The normalized spacial score (nSPS) is 19.5. The molecule has 1 atom stereocenters. The van der Waals surface area contributed by atoms with E-state index in [1.165, 1.54) is 5.56 Å². The summed E-state index contributed by atoms with van der Waals surface area (Å²) in [5.41, 5.74) is 1.26. The molecule has 2 aliphatic heterocycles. The molecule has 0 N–H and O–H groups in total. The first-order valence-corrected chi connectivity index (χ1v) is 11.7. The quantitative estimate of drug-likeness (QED) is 0.628. The largest absolute Gasteiger partial charge is 0.340 e. The van der Waals surface area contributed by atoms with Crippen molar-refractivity contribution in [3.05, 3.63) is 47.6 Å². The number of amides is 2. The van der Waals surface area contributed by atoms with Gasteiger partial charge in [-0.15, -0.1) is 0 Å². The average molecular weight is 440 g/mol. The van der Waals surface area contributed by atoms with Crippen LogP contribution in [0.1, 0.15) is 55.4 Å². The zero-order valence-electron chi connectivity index (χ0n) is 18.9. The fourth-order valence-electron chi connectivity index (χ4n) is 4.50. The van der Waals surface area contributed by atoms with Crippen LogP contribution in [0.3, 0.4) is 0 Å². The van der Waals surface area contributed by atoms with Crippen LogP contribution in [-0.4, -0.2) is 76.4 Å². The molecule has 8 heteroatoms. The Morgan fingerprint density at radius 2 is 1.78 bits per heavy atom. The van der Waals surface area contributed by atoms with Gasteiger partial charge in [-0.2, -0.15) is 4.98 Å². The summed E-state index contributed by atoms with van der Waals surface area (Å²) in [6.07, 6.45) is 4.87. The van der Waals surface area contributed by atoms with Gasteiger partial charge in [0.15, 0.2) is 5.82 Å². The number of rotatable bonds is 8. The van der Waals surface area contributed by atoms with Crippen molar-refractivity contribution >= 4 is 11.8 Å². The number of aryl methyl sites for hydroxylation is 2. The summed E-state index contributed by atoms with van der Waals surface area (Å²) in [6, 6.07) is 10.1. The lowest BCUT2D eigenvalue weighted by molar-refractivity contribution is -0.133. The fourth-order valence-corrected chi connectivity index (χ4v) is 4.50. The molecular weight excluding hydrogens is 406 g/mol. The van der Waals surface area contributed by atoms with Gasteiger partial charge in [0, 0.05) is 52.0 Å². The maximum atomic E-state index is 12.8. The Balaban J connectivity index is 1.26. The molecule has 2 aliphatic rings. The molecule has 0 saturated carbocycles. The number of carbonyl (C=O) groups excluding carboxylic acids is 2. The molecule has 4 rings (SSSR count). The fraction of sp³-hybridized carbons (Fsp3) is 0.583. The van der Waals surface area contributed by atoms with Crippen LogP contribution in [0.25, 0.3) is 0 Å². The van der Waals surface area contributed by atoms with Crippen LogP contribution in [-0.2, 0) is 22.4 Å². The zero-order chi connectivity index (χ0) is 22.3. The third kappa shape index (κ3) is 5.73. The van der Waals surface area contributed by atoms with Crippen LogP contribution in [0.5, 0.6) is 0 Å². The van der Waals surface area contributed by atoms with Crippen molar-refractivity contribution in [1.29, 1.82) is 0 Å². The molecule has 2 saturated heterocycles. The Morgan fingerprint density at radius 3 is 2.56 bits per heavy atom. The van der Waals surface area contributed by atoms with Gasteiger partial charge in [0.2, 0.25) is 17.7 Å². The molecule has 8 nitrogen and oxygen atoms in total. The molecule has 1 aromatic heterocycles. The van der Waals surface area contributed by atoms with E-state index in [1.807, 2.05) is 28.0 Å². The van der Waals surface area contributed by atoms with E-state index in [1.54, 1.807) is 0 Å². The number of likely N-dealkylation sites (tertiary alicyclic amines) is 1. The zero-order valence-corrected chi connectivity index (χ0v) is 18.9. The van der Waals surface area contributed by atoms with Crippen molar-refractivity contribution in [3.63, 3.8) is 0 Å². The number of hydrogen-bond donors (Lipinski definition) is 0. The van der Waals surface area contributed by atoms with Crippen molar-refractivity contribution in [2.24, 2.45) is 0 Å². The summed E-state index contributed by atoms with van der Waals surface area (Å²) in [5.74, 6) is 1.33. The van der Waals surface area contributed by atoms with Crippen LogP contribution in [0.2, 0.25) is 0 Å². The van der Waals surface area contributed by atoms with Crippen molar-refractivity contribution in [2.75, 3.05) is 39.8 Å². The molecule has 2 amide bonds. The van der Waals surface area contributed by atoms with Crippen LogP contribution in [0, 0.1) is 0 Å². The minimum absolute atomic E-state index is 0.120. The number of piperazine rings is 1. The second-order valence-corrected chi connectivity index (χ2v) is 8.81. The van der Waals surface area contributed by atoms with Gasteiger partial charge in [-0.05, 0) is 38.3 Å². The van der Waals surface area contributed by atoms with Crippen molar-refractivity contribution in [2.45, 2.75) is 51.0 Å². The van der Waals surface area contributed by atoms with Gasteiger partial charge in [0.05, 0.1) is 6.04 Å². The number of likely N-dealkylation sites (N-methyl/N-ethyl adjacent to an activating group) is 1. The maximum absolute atomic E-state index is 12.8. The minimum atomic E-state index is -0.120. The van der Waals surface area contributed by atoms with E-state index in [0.717, 1.165) is 58.4 Å². The van der Waals surface area contributed by atoms with E-state index in [-0.39, 0.29) is 17.9 Å². The predicted molar refractivity (Wildman–Crippen MR) is 120 cm³/mol. The lowest BCUT2D eigenvalue weighted by Gasteiger charge is -2.32. The topological polar surface area (TPSA) is 82.8 Å². The van der Waals surface area contributed by atoms with Crippen molar-refractivity contribution < 1.29 is 14.1 Å². The molecule has 2 fully saturated rings. The van der Waals surface area contributed by atoms with Gasteiger partial charge in [0.25, 0.3) is 0 Å². The Kier molecular flexibility index (Phi) is 7.52. The SMILES string of the molecule is CN1CCN(C(=O)CCc2nc(C3CCCN3C(=O)CCCc3ccccc3)no2)CC1. The van der Waals surface area contributed by atoms with Crippen LogP contribution in [0.15, 0.2) is 34.9 Å². The highest BCUT2D eigenvalue weighted by molar-refractivity contribution is 5.77. The lowest BCUT2D eigenvalue weighted by atomic mass is 10.1. The van der Waals surface area contributed by atoms with E-state index in [2.05, 4.69) is 34.2 Å². The third-order valence-corrected chi connectivity index (χ3v) is 6.46. The highest BCUT2D eigenvalue weighted by atomic mass is 16.5. The van der Waals surface area contributed by atoms with Crippen molar-refractivity contribution in [1.82, 2.24) is 24.8 Å². The highest BCUT2D eigenvalue weighted by Crippen LogP contribution is 2.31. The Bertz CT molecular complexity index is 892. The number of nitrogens with zero attached hydrogens (tertiary/aromatic N) is 5. The predicted octanol–water partition coefficient (Wildman–Crippen LogP) is 2.46. The molecule has 0 radical (unpaired) electrons. The molecule has 0 aliphatic carbocycles. The average Bonchev–Trinajstić information content (AvgIpc) is 3.48. The van der Waals surface area contributed by atoms with E-state index >= 15 is 0 Å². The third-order valence-electron chi connectivity index (χ3n) is 6.46. The van der Waals surface area contributed by atoms with Gasteiger partial charge >= 0.3 is 0 Å². The molecule has 0 spiro atoms. The monoisotopic (exact) mass is 439 g/mol. The second-order valence-electron chi connectivity index (χ2n) is 8.81. The first-order chi connectivity index (χ1) is 15.6. The van der Waals surface area contributed by atoms with Crippen LogP contribution in [0.4, 0.5) is 0 Å². The Morgan fingerprint density at radius 1 is 1.00 bits per heavy atom. The van der Waals surface area contributed by atoms with E-state index in [9.17, 15) is 9.59 Å². The number of hydrogen-bond acceptors (Lipinski definition) is 6. The van der Waals surface area contributed by atoms with Crippen molar-refractivity contribution in [3.8, 4) is 0 Å². The van der Waals surface area contributed by atoms with E-state index in [0.29, 0.717) is 31.0 Å². The second kappa shape index (κ2) is 10.7. The lowest BCUT2D eigenvalue weighted by Crippen LogP contribution is -2.47. The molecule has 172 valence electrons. The summed E-state index contributed by atoms with van der Waals surface area (Å²) >= 11 is 0. The van der Waals surface area contributed by atoms with E-state index < -0.39 is 0 Å². The molecule has 3 heterocycles. The van der Waals surface area contributed by atoms with E-state index in [4.69, 9.17) is 4.52 Å². The minimum Gasteiger partial charge on any atom is -0.340 e. The molecular formula is C24H33N5O3. The van der Waals surface area contributed by atoms with Gasteiger partial charge in [-0.3, -0.25) is 9.59 Å². The molecule has 1 unspecified atom stereocenters. The molecule has 0 bridgehead atoms.